The van der Waals surface area contributed by atoms with Crippen molar-refractivity contribution < 1.29 is 9.18 Å². The normalized spacial score (nSPS) is 13.5. The summed E-state index contributed by atoms with van der Waals surface area (Å²) in [6.45, 7) is 0. The molecular weight excluding hydrogens is 479 g/mol. The molecular formula is C25H17FN8OS. The maximum Gasteiger partial charge on any atom is 0.227 e. The van der Waals surface area contributed by atoms with Crippen LogP contribution in [0.15, 0.2) is 55.1 Å². The molecule has 36 heavy (non-hydrogen) atoms. The number of imidazole rings is 1. The molecule has 0 aromatic carbocycles. The SMILES string of the molecule is O=C(Nc1cncc(-c2cnc3[nH]nc(-c4nc5c(-c6ccc(F)s6)ccnc5[nH]4)c3c2)c1)C1CC1. The third kappa shape index (κ3) is 3.60. The number of halogens is 1. The Morgan fingerprint density at radius 3 is 2.78 bits per heavy atom. The van der Waals surface area contributed by atoms with Gasteiger partial charge >= 0.3 is 0 Å². The van der Waals surface area contributed by atoms with Crippen molar-refractivity contribution in [3.05, 3.63) is 60.3 Å². The van der Waals surface area contributed by atoms with Crippen LogP contribution in [0.4, 0.5) is 10.1 Å². The summed E-state index contributed by atoms with van der Waals surface area (Å²) in [5.74, 6) is 0.663. The standard InChI is InChI=1S/C25H17FN8OS/c26-19-4-3-18(36-19)16-5-6-28-23-20(16)31-24(32-23)21-17-8-14(10-29-22(17)34-33-21)13-7-15(11-27-9-13)30-25(35)12-1-2-12/h3-12H,1-2H2,(H,30,35)(H,28,31,32)(H,29,33,34). The van der Waals surface area contributed by atoms with Gasteiger partial charge in [-0.05, 0) is 43.2 Å². The third-order valence-electron chi connectivity index (χ3n) is 6.15. The van der Waals surface area contributed by atoms with Gasteiger partial charge in [-0.25, -0.2) is 15.0 Å². The first-order valence-electron chi connectivity index (χ1n) is 11.3. The van der Waals surface area contributed by atoms with Crippen molar-refractivity contribution in [2.75, 3.05) is 5.32 Å². The molecule has 1 saturated carbocycles. The van der Waals surface area contributed by atoms with Crippen LogP contribution < -0.4 is 5.32 Å². The number of nitrogens with one attached hydrogen (secondary N) is 3. The van der Waals surface area contributed by atoms with E-state index in [2.05, 4.69) is 35.5 Å². The number of amides is 1. The molecule has 1 aliphatic rings. The maximum absolute atomic E-state index is 13.6. The Balaban J connectivity index is 1.28. The largest absolute Gasteiger partial charge is 0.324 e. The number of H-pyrrole nitrogens is 2. The van der Waals surface area contributed by atoms with E-state index in [1.807, 2.05) is 18.2 Å². The van der Waals surface area contributed by atoms with Crippen molar-refractivity contribution in [1.82, 2.24) is 35.1 Å². The molecule has 7 rings (SSSR count). The number of aromatic amines is 2. The first-order chi connectivity index (χ1) is 17.6. The lowest BCUT2D eigenvalue weighted by molar-refractivity contribution is -0.117. The number of thiophene rings is 1. The van der Waals surface area contributed by atoms with Crippen LogP contribution in [0.25, 0.3) is 55.3 Å². The molecule has 0 saturated heterocycles. The zero-order valence-electron chi connectivity index (χ0n) is 18.6. The number of rotatable bonds is 5. The smallest absolute Gasteiger partial charge is 0.227 e. The molecule has 0 atom stereocenters. The van der Waals surface area contributed by atoms with Crippen LogP contribution in [0.3, 0.4) is 0 Å². The Morgan fingerprint density at radius 1 is 1.06 bits per heavy atom. The number of carbonyl (C=O) groups excluding carboxylic acids is 1. The van der Waals surface area contributed by atoms with Gasteiger partial charge in [0.2, 0.25) is 5.91 Å². The molecule has 11 heteroatoms. The molecule has 6 aromatic heterocycles. The lowest BCUT2D eigenvalue weighted by Crippen LogP contribution is -2.13. The fraction of sp³-hybridized carbons (Fsp3) is 0.120. The molecule has 1 amide bonds. The van der Waals surface area contributed by atoms with Crippen LogP contribution >= 0.6 is 11.3 Å². The van der Waals surface area contributed by atoms with E-state index in [9.17, 15) is 9.18 Å². The van der Waals surface area contributed by atoms with Gasteiger partial charge < -0.3 is 10.3 Å². The minimum atomic E-state index is -0.256. The van der Waals surface area contributed by atoms with E-state index in [1.54, 1.807) is 30.9 Å². The Labute approximate surface area is 206 Å². The summed E-state index contributed by atoms with van der Waals surface area (Å²) < 4.78 is 13.6. The highest BCUT2D eigenvalue weighted by molar-refractivity contribution is 7.14. The minimum absolute atomic E-state index is 0.0304. The number of pyridine rings is 3. The van der Waals surface area contributed by atoms with Crippen molar-refractivity contribution in [3.8, 4) is 33.1 Å². The predicted octanol–water partition coefficient (Wildman–Crippen LogP) is 5.17. The van der Waals surface area contributed by atoms with Gasteiger partial charge in [0.05, 0.1) is 17.3 Å². The van der Waals surface area contributed by atoms with Crippen molar-refractivity contribution in [2.24, 2.45) is 5.92 Å². The van der Waals surface area contributed by atoms with Crippen LogP contribution in [0, 0.1) is 11.0 Å². The summed E-state index contributed by atoms with van der Waals surface area (Å²) >= 11 is 1.06. The van der Waals surface area contributed by atoms with Crippen LogP contribution in [0.5, 0.6) is 0 Å². The summed E-state index contributed by atoms with van der Waals surface area (Å²) in [5.41, 5.74) is 5.50. The molecule has 1 fully saturated rings. The Kier molecular flexibility index (Phi) is 4.64. The zero-order valence-corrected chi connectivity index (χ0v) is 19.4. The molecule has 1 aliphatic carbocycles. The average Bonchev–Trinajstić information content (AvgIpc) is 3.30. The van der Waals surface area contributed by atoms with E-state index in [1.165, 1.54) is 6.07 Å². The number of anilines is 1. The monoisotopic (exact) mass is 496 g/mol. The Bertz CT molecular complexity index is 1780. The van der Waals surface area contributed by atoms with E-state index in [0.717, 1.165) is 51.1 Å². The third-order valence-corrected chi connectivity index (χ3v) is 7.06. The average molecular weight is 497 g/mol. The molecule has 6 aromatic rings. The molecule has 3 N–H and O–H groups in total. The summed E-state index contributed by atoms with van der Waals surface area (Å²) in [6.07, 6.45) is 8.64. The van der Waals surface area contributed by atoms with Gasteiger partial charge in [0.25, 0.3) is 0 Å². The van der Waals surface area contributed by atoms with Gasteiger partial charge in [0.15, 0.2) is 22.2 Å². The molecule has 0 bridgehead atoms. The van der Waals surface area contributed by atoms with E-state index < -0.39 is 0 Å². The molecule has 0 aliphatic heterocycles. The van der Waals surface area contributed by atoms with E-state index in [0.29, 0.717) is 34.0 Å². The highest BCUT2D eigenvalue weighted by atomic mass is 32.1. The summed E-state index contributed by atoms with van der Waals surface area (Å²) in [4.78, 5) is 34.1. The number of carbonyl (C=O) groups is 1. The number of hydrogen-bond donors (Lipinski definition) is 3. The van der Waals surface area contributed by atoms with Gasteiger partial charge in [0, 0.05) is 46.1 Å². The molecule has 9 nitrogen and oxygen atoms in total. The summed E-state index contributed by atoms with van der Waals surface area (Å²) in [7, 11) is 0. The quantitative estimate of drug-likeness (QED) is 0.302. The van der Waals surface area contributed by atoms with Gasteiger partial charge in [0.1, 0.15) is 11.2 Å². The Morgan fingerprint density at radius 2 is 1.94 bits per heavy atom. The highest BCUT2D eigenvalue weighted by Crippen LogP contribution is 2.35. The van der Waals surface area contributed by atoms with Gasteiger partial charge in [-0.3, -0.25) is 14.9 Å². The fourth-order valence-corrected chi connectivity index (χ4v) is 4.94. The second-order valence-corrected chi connectivity index (χ2v) is 9.70. The van der Waals surface area contributed by atoms with Crippen molar-refractivity contribution >= 4 is 45.1 Å². The predicted molar refractivity (Wildman–Crippen MR) is 135 cm³/mol. The van der Waals surface area contributed by atoms with E-state index in [-0.39, 0.29) is 17.0 Å². The second-order valence-electron chi connectivity index (χ2n) is 8.66. The summed E-state index contributed by atoms with van der Waals surface area (Å²) in [5, 5.41) is 10.8. The number of hydrogen-bond acceptors (Lipinski definition) is 7. The maximum atomic E-state index is 13.6. The van der Waals surface area contributed by atoms with Crippen molar-refractivity contribution in [1.29, 1.82) is 0 Å². The Hall–Kier alpha value is -4.51. The minimum Gasteiger partial charge on any atom is -0.324 e. The topological polar surface area (TPSA) is 125 Å². The van der Waals surface area contributed by atoms with Gasteiger partial charge in [-0.2, -0.15) is 9.49 Å². The van der Waals surface area contributed by atoms with Crippen molar-refractivity contribution in [2.45, 2.75) is 12.8 Å². The van der Waals surface area contributed by atoms with Crippen LogP contribution in [-0.2, 0) is 4.79 Å². The molecule has 0 unspecified atom stereocenters. The first-order valence-corrected chi connectivity index (χ1v) is 12.2. The zero-order chi connectivity index (χ0) is 24.2. The van der Waals surface area contributed by atoms with Crippen LogP contribution in [-0.4, -0.2) is 41.0 Å². The number of fused-ring (bicyclic) bond motifs is 2. The molecule has 0 spiro atoms. The number of nitrogens with zero attached hydrogens (tertiary/aromatic N) is 5. The van der Waals surface area contributed by atoms with Crippen LogP contribution in [0.1, 0.15) is 12.8 Å². The molecule has 6 heterocycles. The highest BCUT2D eigenvalue weighted by Gasteiger charge is 2.29. The van der Waals surface area contributed by atoms with Crippen molar-refractivity contribution in [3.63, 3.8) is 0 Å². The summed E-state index contributed by atoms with van der Waals surface area (Å²) in [6, 6.07) is 8.84. The number of aromatic nitrogens is 7. The lowest BCUT2D eigenvalue weighted by atomic mass is 10.1. The second kappa shape index (κ2) is 8.02. The lowest BCUT2D eigenvalue weighted by Gasteiger charge is -2.06. The van der Waals surface area contributed by atoms with Gasteiger partial charge in [-0.15, -0.1) is 11.3 Å². The van der Waals surface area contributed by atoms with Crippen LogP contribution in [0.2, 0.25) is 0 Å². The van der Waals surface area contributed by atoms with Gasteiger partial charge in [-0.1, -0.05) is 0 Å². The van der Waals surface area contributed by atoms with E-state index in [4.69, 9.17) is 4.98 Å². The molecule has 0 radical (unpaired) electrons. The van der Waals surface area contributed by atoms with E-state index >= 15 is 0 Å². The first kappa shape index (κ1) is 20.8. The fourth-order valence-electron chi connectivity index (χ4n) is 4.18. The molecule has 176 valence electrons.